The first-order chi connectivity index (χ1) is 13.5. The van der Waals surface area contributed by atoms with Crippen molar-refractivity contribution < 1.29 is 13.9 Å². The van der Waals surface area contributed by atoms with Crippen LogP contribution >= 0.6 is 0 Å². The zero-order valence-corrected chi connectivity index (χ0v) is 16.0. The normalized spacial score (nSPS) is 22.4. The molecule has 0 bridgehead atoms. The maximum Gasteiger partial charge on any atom is 0.162 e. The van der Waals surface area contributed by atoms with Gasteiger partial charge < -0.3 is 14.8 Å². The van der Waals surface area contributed by atoms with Crippen molar-refractivity contribution >= 4 is 11.5 Å². The molecule has 0 saturated heterocycles. The third-order valence-electron chi connectivity index (χ3n) is 5.51. The molecule has 1 aliphatic heterocycles. The van der Waals surface area contributed by atoms with E-state index in [9.17, 15) is 4.39 Å². The molecule has 5 rings (SSSR count). The van der Waals surface area contributed by atoms with Gasteiger partial charge in [0.25, 0.3) is 0 Å². The lowest BCUT2D eigenvalue weighted by atomic mass is 9.99. The lowest BCUT2D eigenvalue weighted by Crippen LogP contribution is -2.18. The predicted molar refractivity (Wildman–Crippen MR) is 106 cm³/mol. The molecule has 0 fully saturated rings. The molecule has 0 amide bonds. The molecule has 3 aromatic rings. The minimum absolute atomic E-state index is 0.0995. The summed E-state index contributed by atoms with van der Waals surface area (Å²) in [6.07, 6.45) is 1.07. The molecule has 6 heteroatoms. The Hall–Kier alpha value is -3.02. The number of nitrogens with zero attached hydrogens (tertiary/aromatic N) is 1. The minimum Gasteiger partial charge on any atom is -0.487 e. The highest BCUT2D eigenvalue weighted by Crippen LogP contribution is 2.51. The van der Waals surface area contributed by atoms with E-state index in [2.05, 4.69) is 42.4 Å². The van der Waals surface area contributed by atoms with Gasteiger partial charge in [0, 0.05) is 29.2 Å². The molecular weight excluding hydrogens is 357 g/mol. The second-order valence-corrected chi connectivity index (χ2v) is 7.69. The number of H-pyrrole nitrogens is 1. The van der Waals surface area contributed by atoms with Crippen LogP contribution in [-0.2, 0) is 0 Å². The van der Waals surface area contributed by atoms with Crippen molar-refractivity contribution in [2.45, 2.75) is 45.3 Å². The van der Waals surface area contributed by atoms with Crippen LogP contribution in [0, 0.1) is 5.82 Å². The van der Waals surface area contributed by atoms with Crippen LogP contribution in [0.15, 0.2) is 36.4 Å². The van der Waals surface area contributed by atoms with Gasteiger partial charge in [-0.3, -0.25) is 5.10 Å². The Bertz CT molecular complexity index is 1040. The number of ether oxygens (including phenoxy) is 2. The zero-order chi connectivity index (χ0) is 19.4. The quantitative estimate of drug-likeness (QED) is 0.629. The highest BCUT2D eigenvalue weighted by atomic mass is 19.1. The minimum atomic E-state index is -0.258. The Labute approximate surface area is 162 Å². The lowest BCUT2D eigenvalue weighted by Gasteiger charge is -2.15. The van der Waals surface area contributed by atoms with Crippen LogP contribution in [0.2, 0.25) is 0 Å². The summed E-state index contributed by atoms with van der Waals surface area (Å²) >= 11 is 0. The number of halogens is 1. The summed E-state index contributed by atoms with van der Waals surface area (Å²) in [5.41, 5.74) is 5.07. The van der Waals surface area contributed by atoms with Gasteiger partial charge in [0.2, 0.25) is 0 Å². The van der Waals surface area contributed by atoms with E-state index in [1.807, 2.05) is 6.07 Å². The summed E-state index contributed by atoms with van der Waals surface area (Å²) in [5, 5.41) is 11.0. The summed E-state index contributed by atoms with van der Waals surface area (Å²) in [6, 6.07) is 10.4. The first-order valence-electron chi connectivity index (χ1n) is 9.62. The fourth-order valence-electron chi connectivity index (χ4n) is 4.23. The molecule has 144 valence electrons. The molecule has 3 unspecified atom stereocenters. The van der Waals surface area contributed by atoms with Gasteiger partial charge in [-0.15, -0.1) is 0 Å². The average molecular weight is 379 g/mol. The van der Waals surface area contributed by atoms with Crippen molar-refractivity contribution in [3.8, 4) is 22.8 Å². The van der Waals surface area contributed by atoms with Gasteiger partial charge in [-0.2, -0.15) is 5.10 Å². The fourth-order valence-corrected chi connectivity index (χ4v) is 4.23. The van der Waals surface area contributed by atoms with E-state index in [0.717, 1.165) is 46.2 Å². The third-order valence-corrected chi connectivity index (χ3v) is 5.51. The highest BCUT2D eigenvalue weighted by molar-refractivity contribution is 5.83. The maximum absolute atomic E-state index is 13.2. The third kappa shape index (κ3) is 2.71. The van der Waals surface area contributed by atoms with Crippen molar-refractivity contribution in [1.29, 1.82) is 0 Å². The van der Waals surface area contributed by atoms with Gasteiger partial charge in [-0.05, 0) is 55.8 Å². The topological polar surface area (TPSA) is 59.2 Å². The Morgan fingerprint density at radius 2 is 1.71 bits per heavy atom. The van der Waals surface area contributed by atoms with Crippen molar-refractivity contribution in [1.82, 2.24) is 10.2 Å². The van der Waals surface area contributed by atoms with Gasteiger partial charge in [-0.1, -0.05) is 6.92 Å². The Morgan fingerprint density at radius 1 is 1.04 bits per heavy atom. The second kappa shape index (κ2) is 6.26. The largest absolute Gasteiger partial charge is 0.487 e. The van der Waals surface area contributed by atoms with Crippen LogP contribution in [0.5, 0.6) is 11.5 Å². The van der Waals surface area contributed by atoms with E-state index >= 15 is 0 Å². The van der Waals surface area contributed by atoms with Crippen molar-refractivity contribution in [3.05, 3.63) is 53.3 Å². The van der Waals surface area contributed by atoms with Crippen molar-refractivity contribution in [3.63, 3.8) is 0 Å². The van der Waals surface area contributed by atoms with Crippen molar-refractivity contribution in [2.75, 3.05) is 5.32 Å². The molecule has 3 atom stereocenters. The first-order valence-corrected chi connectivity index (χ1v) is 9.62. The first kappa shape index (κ1) is 17.1. The van der Waals surface area contributed by atoms with E-state index < -0.39 is 0 Å². The molecule has 2 aliphatic rings. The number of anilines is 2. The molecule has 28 heavy (non-hydrogen) atoms. The number of aromatic nitrogens is 2. The molecule has 0 radical (unpaired) electrons. The number of fused-ring (bicyclic) bond motifs is 4. The van der Waals surface area contributed by atoms with Gasteiger partial charge in [0.05, 0.1) is 17.9 Å². The monoisotopic (exact) mass is 379 g/mol. The van der Waals surface area contributed by atoms with E-state index in [-0.39, 0.29) is 23.9 Å². The number of hydrogen-bond donors (Lipinski definition) is 2. The molecule has 2 aromatic carbocycles. The zero-order valence-electron chi connectivity index (χ0n) is 16.0. The summed E-state index contributed by atoms with van der Waals surface area (Å²) in [6.45, 7) is 6.29. The van der Waals surface area contributed by atoms with Crippen LogP contribution in [0.25, 0.3) is 11.3 Å². The standard InChI is InChI=1S/C22H22FN3O2/c1-11-8-12(2)28-19-10-17-16(9-18(19)27-11)13(3)20-21(17)25-26-22(20)24-15-6-4-14(23)5-7-15/h4-7,9-13H,8H2,1-3H3,(H2,24,25,26). The van der Waals surface area contributed by atoms with Gasteiger partial charge in [0.15, 0.2) is 11.5 Å². The van der Waals surface area contributed by atoms with Gasteiger partial charge in [-0.25, -0.2) is 4.39 Å². The Morgan fingerprint density at radius 3 is 2.43 bits per heavy atom. The molecule has 1 aromatic heterocycles. The maximum atomic E-state index is 13.2. The Kier molecular flexibility index (Phi) is 3.82. The molecule has 0 spiro atoms. The number of aromatic amines is 1. The number of rotatable bonds is 2. The van der Waals surface area contributed by atoms with Crippen LogP contribution < -0.4 is 14.8 Å². The van der Waals surface area contributed by atoms with Crippen molar-refractivity contribution in [2.24, 2.45) is 0 Å². The molecule has 2 N–H and O–H groups in total. The van der Waals surface area contributed by atoms with Gasteiger partial charge >= 0.3 is 0 Å². The number of hydrogen-bond acceptors (Lipinski definition) is 4. The van der Waals surface area contributed by atoms with Crippen LogP contribution in [-0.4, -0.2) is 22.4 Å². The highest BCUT2D eigenvalue weighted by Gasteiger charge is 2.34. The second-order valence-electron chi connectivity index (χ2n) is 7.69. The Balaban J connectivity index is 1.54. The predicted octanol–water partition coefficient (Wildman–Crippen LogP) is 5.36. The van der Waals surface area contributed by atoms with E-state index in [1.165, 1.54) is 17.7 Å². The summed E-state index contributed by atoms with van der Waals surface area (Å²) in [4.78, 5) is 0. The molecular formula is C22H22FN3O2. The average Bonchev–Trinajstić information content (AvgIpc) is 3.12. The number of nitrogens with one attached hydrogen (secondary N) is 2. The van der Waals surface area contributed by atoms with E-state index in [0.29, 0.717) is 0 Å². The molecule has 0 saturated carbocycles. The summed E-state index contributed by atoms with van der Waals surface area (Å²) < 4.78 is 25.4. The molecule has 2 heterocycles. The van der Waals surface area contributed by atoms with Crippen LogP contribution in [0.3, 0.4) is 0 Å². The van der Waals surface area contributed by atoms with Crippen LogP contribution in [0.4, 0.5) is 15.9 Å². The summed E-state index contributed by atoms with van der Waals surface area (Å²) in [5.74, 6) is 2.28. The number of benzene rings is 2. The summed E-state index contributed by atoms with van der Waals surface area (Å²) in [7, 11) is 0. The van der Waals surface area contributed by atoms with E-state index in [4.69, 9.17) is 9.47 Å². The van der Waals surface area contributed by atoms with Gasteiger partial charge in [0.1, 0.15) is 11.6 Å². The fraction of sp³-hybridized carbons (Fsp3) is 0.318. The smallest absolute Gasteiger partial charge is 0.162 e. The lowest BCUT2D eigenvalue weighted by molar-refractivity contribution is 0.168. The van der Waals surface area contributed by atoms with Crippen LogP contribution in [0.1, 0.15) is 44.2 Å². The SMILES string of the molecule is CC1CC(C)Oc2cc3c(cc2O1)-c1n[nH]c(Nc2ccc(F)cc2)c1C3C. The van der Waals surface area contributed by atoms with E-state index in [1.54, 1.807) is 12.1 Å². The molecule has 5 nitrogen and oxygen atoms in total. The molecule has 1 aliphatic carbocycles.